The van der Waals surface area contributed by atoms with Gasteiger partial charge in [0.1, 0.15) is 6.54 Å². The molecule has 5 rings (SSSR count). The van der Waals surface area contributed by atoms with Crippen molar-refractivity contribution in [3.63, 3.8) is 0 Å². The maximum absolute atomic E-state index is 12.9. The zero-order chi connectivity index (χ0) is 22.1. The fourth-order valence-electron chi connectivity index (χ4n) is 4.54. The van der Waals surface area contributed by atoms with Crippen molar-refractivity contribution in [1.82, 2.24) is 19.4 Å². The monoisotopic (exact) mass is 431 g/mol. The molecule has 3 heterocycles. The largest absolute Gasteiger partial charge is 0.339 e. The molecule has 32 heavy (non-hydrogen) atoms. The SMILES string of the molecule is O=C(Cn1c(=O)cnc2ccccc21)N1CCN(CC(=O)N2CCc3ccccc32)CC1. The lowest BCUT2D eigenvalue weighted by atomic mass is 10.2. The van der Waals surface area contributed by atoms with Gasteiger partial charge >= 0.3 is 0 Å². The van der Waals surface area contributed by atoms with Gasteiger partial charge in [-0.1, -0.05) is 30.3 Å². The Labute approximate surface area is 185 Å². The number of carbonyl (C=O) groups is 2. The van der Waals surface area contributed by atoms with Crippen LogP contribution in [0.4, 0.5) is 5.69 Å². The van der Waals surface area contributed by atoms with Crippen molar-refractivity contribution in [2.45, 2.75) is 13.0 Å². The van der Waals surface area contributed by atoms with Gasteiger partial charge in [-0.25, -0.2) is 4.98 Å². The molecule has 2 aliphatic heterocycles. The molecule has 8 heteroatoms. The van der Waals surface area contributed by atoms with Crippen LogP contribution < -0.4 is 10.5 Å². The van der Waals surface area contributed by atoms with Crippen LogP contribution in [-0.4, -0.2) is 70.4 Å². The number of benzene rings is 2. The summed E-state index contributed by atoms with van der Waals surface area (Å²) in [6.07, 6.45) is 2.16. The first-order valence-electron chi connectivity index (χ1n) is 10.9. The minimum Gasteiger partial charge on any atom is -0.339 e. The van der Waals surface area contributed by atoms with Crippen LogP contribution in [0.25, 0.3) is 11.0 Å². The van der Waals surface area contributed by atoms with Crippen molar-refractivity contribution in [2.24, 2.45) is 0 Å². The van der Waals surface area contributed by atoms with Crippen LogP contribution >= 0.6 is 0 Å². The first kappa shape index (κ1) is 20.4. The van der Waals surface area contributed by atoms with Crippen LogP contribution in [0.3, 0.4) is 0 Å². The van der Waals surface area contributed by atoms with E-state index in [0.29, 0.717) is 43.8 Å². The standard InChI is InChI=1S/C24H25N5O3/c30-22-15-25-19-6-2-4-8-21(19)29(22)17-23(31)27-13-11-26(12-14-27)16-24(32)28-10-9-18-5-1-3-7-20(18)28/h1-8,15H,9-14,16-17H2. The van der Waals surface area contributed by atoms with Crippen molar-refractivity contribution in [1.29, 1.82) is 0 Å². The molecule has 0 atom stereocenters. The topological polar surface area (TPSA) is 78.8 Å². The summed E-state index contributed by atoms with van der Waals surface area (Å²) in [7, 11) is 0. The lowest BCUT2D eigenvalue weighted by Crippen LogP contribution is -2.52. The van der Waals surface area contributed by atoms with Crippen molar-refractivity contribution in [3.8, 4) is 0 Å². The molecule has 0 N–H and O–H groups in total. The van der Waals surface area contributed by atoms with E-state index < -0.39 is 0 Å². The Morgan fingerprint density at radius 3 is 2.44 bits per heavy atom. The van der Waals surface area contributed by atoms with E-state index in [1.165, 1.54) is 16.3 Å². The van der Waals surface area contributed by atoms with E-state index in [9.17, 15) is 14.4 Å². The number of amides is 2. The molecule has 2 amide bonds. The summed E-state index contributed by atoms with van der Waals surface area (Å²) in [6.45, 7) is 3.43. The van der Waals surface area contributed by atoms with Crippen LogP contribution in [0, 0.1) is 0 Å². The van der Waals surface area contributed by atoms with E-state index in [1.807, 2.05) is 41.3 Å². The predicted molar refractivity (Wildman–Crippen MR) is 122 cm³/mol. The summed E-state index contributed by atoms with van der Waals surface area (Å²) < 4.78 is 1.48. The minimum atomic E-state index is -0.285. The average Bonchev–Trinajstić information content (AvgIpc) is 3.26. The molecular formula is C24H25N5O3. The van der Waals surface area contributed by atoms with Gasteiger partial charge < -0.3 is 9.80 Å². The molecule has 0 unspecified atom stereocenters. The normalized spacial score (nSPS) is 16.4. The molecule has 2 aliphatic rings. The van der Waals surface area contributed by atoms with Crippen LogP contribution in [0.1, 0.15) is 5.56 Å². The zero-order valence-corrected chi connectivity index (χ0v) is 17.8. The third kappa shape index (κ3) is 3.89. The van der Waals surface area contributed by atoms with Gasteiger partial charge in [0.15, 0.2) is 0 Å². The fraction of sp³-hybridized carbons (Fsp3) is 0.333. The first-order chi connectivity index (χ1) is 15.6. The second kappa shape index (κ2) is 8.55. The molecule has 1 fully saturated rings. The van der Waals surface area contributed by atoms with Gasteiger partial charge in [0.25, 0.3) is 5.56 Å². The molecular weight excluding hydrogens is 406 g/mol. The molecule has 1 saturated heterocycles. The van der Waals surface area contributed by atoms with Gasteiger partial charge in [-0.05, 0) is 30.2 Å². The lowest BCUT2D eigenvalue weighted by Gasteiger charge is -2.35. The molecule has 1 aromatic heterocycles. The molecule has 0 bridgehead atoms. The van der Waals surface area contributed by atoms with Gasteiger partial charge in [-0.2, -0.15) is 0 Å². The van der Waals surface area contributed by atoms with Crippen molar-refractivity contribution in [2.75, 3.05) is 44.2 Å². The van der Waals surface area contributed by atoms with Crippen LogP contribution in [0.2, 0.25) is 0 Å². The summed E-state index contributed by atoms with van der Waals surface area (Å²) in [6, 6.07) is 15.4. The van der Waals surface area contributed by atoms with Gasteiger partial charge in [-0.15, -0.1) is 0 Å². The summed E-state index contributed by atoms with van der Waals surface area (Å²) in [5.74, 6) is 0.00688. The van der Waals surface area contributed by atoms with E-state index in [1.54, 1.807) is 11.0 Å². The molecule has 0 radical (unpaired) electrons. The number of aromatic nitrogens is 2. The number of carbonyl (C=O) groups excluding carboxylic acids is 2. The molecule has 0 aliphatic carbocycles. The van der Waals surface area contributed by atoms with Crippen molar-refractivity contribution in [3.05, 3.63) is 70.6 Å². The Morgan fingerprint density at radius 1 is 0.844 bits per heavy atom. The van der Waals surface area contributed by atoms with E-state index in [0.717, 1.165) is 18.7 Å². The van der Waals surface area contributed by atoms with Gasteiger partial charge in [0.05, 0.1) is 23.8 Å². The highest BCUT2D eigenvalue weighted by molar-refractivity contribution is 5.96. The molecule has 8 nitrogen and oxygen atoms in total. The van der Waals surface area contributed by atoms with Crippen LogP contribution in [0.15, 0.2) is 59.5 Å². The quantitative estimate of drug-likeness (QED) is 0.619. The van der Waals surface area contributed by atoms with Crippen molar-refractivity contribution >= 4 is 28.5 Å². The number of nitrogens with zero attached hydrogens (tertiary/aromatic N) is 5. The molecule has 2 aromatic carbocycles. The Kier molecular flexibility index (Phi) is 5.45. The Hall–Kier alpha value is -3.52. The number of para-hydroxylation sites is 3. The van der Waals surface area contributed by atoms with Gasteiger partial charge in [-0.3, -0.25) is 23.9 Å². The Bertz CT molecular complexity index is 1230. The molecule has 0 saturated carbocycles. The molecule has 0 spiro atoms. The highest BCUT2D eigenvalue weighted by atomic mass is 16.2. The Balaban J connectivity index is 1.19. The van der Waals surface area contributed by atoms with E-state index in [4.69, 9.17) is 0 Å². The number of fused-ring (bicyclic) bond motifs is 2. The third-order valence-corrected chi connectivity index (χ3v) is 6.32. The third-order valence-electron chi connectivity index (χ3n) is 6.32. The van der Waals surface area contributed by atoms with E-state index in [2.05, 4.69) is 16.0 Å². The zero-order valence-electron chi connectivity index (χ0n) is 17.8. The minimum absolute atomic E-state index is 0.00857. The number of hydrogen-bond donors (Lipinski definition) is 0. The number of hydrogen-bond acceptors (Lipinski definition) is 5. The number of anilines is 1. The van der Waals surface area contributed by atoms with Gasteiger partial charge in [0.2, 0.25) is 11.8 Å². The van der Waals surface area contributed by atoms with Crippen LogP contribution in [0.5, 0.6) is 0 Å². The second-order valence-corrected chi connectivity index (χ2v) is 8.25. The number of rotatable bonds is 4. The molecule has 164 valence electrons. The molecule has 3 aromatic rings. The second-order valence-electron chi connectivity index (χ2n) is 8.25. The average molecular weight is 431 g/mol. The van der Waals surface area contributed by atoms with Crippen LogP contribution in [-0.2, 0) is 22.6 Å². The summed E-state index contributed by atoms with van der Waals surface area (Å²) in [5, 5.41) is 0. The Morgan fingerprint density at radius 2 is 1.59 bits per heavy atom. The summed E-state index contributed by atoms with van der Waals surface area (Å²) >= 11 is 0. The van der Waals surface area contributed by atoms with E-state index >= 15 is 0 Å². The maximum atomic E-state index is 12.9. The van der Waals surface area contributed by atoms with E-state index in [-0.39, 0.29) is 23.9 Å². The fourth-order valence-corrected chi connectivity index (χ4v) is 4.54. The lowest BCUT2D eigenvalue weighted by molar-refractivity contribution is -0.133. The highest BCUT2D eigenvalue weighted by Gasteiger charge is 2.28. The first-order valence-corrected chi connectivity index (χ1v) is 10.9. The smallest absolute Gasteiger partial charge is 0.269 e. The summed E-state index contributed by atoms with van der Waals surface area (Å²) in [4.78, 5) is 47.9. The predicted octanol–water partition coefficient (Wildman–Crippen LogP) is 1.13. The van der Waals surface area contributed by atoms with Crippen molar-refractivity contribution < 1.29 is 9.59 Å². The number of piperazine rings is 1. The highest BCUT2D eigenvalue weighted by Crippen LogP contribution is 2.27. The maximum Gasteiger partial charge on any atom is 0.269 e. The summed E-state index contributed by atoms with van der Waals surface area (Å²) in [5.41, 5.74) is 3.29. The van der Waals surface area contributed by atoms with Gasteiger partial charge in [0, 0.05) is 38.4 Å².